The molecule has 2 aromatic rings. The lowest BCUT2D eigenvalue weighted by Gasteiger charge is -2.31. The van der Waals surface area contributed by atoms with Gasteiger partial charge in [-0.1, -0.05) is 56.3 Å². The number of benzene rings is 1. The summed E-state index contributed by atoms with van der Waals surface area (Å²) in [5, 5.41) is 14.5. The molecule has 1 saturated heterocycles. The second kappa shape index (κ2) is 7.76. The number of hydrogen-bond donors (Lipinski definition) is 1. The van der Waals surface area contributed by atoms with E-state index < -0.39 is 11.9 Å². The van der Waals surface area contributed by atoms with Gasteiger partial charge in [0.25, 0.3) is 0 Å². The van der Waals surface area contributed by atoms with Gasteiger partial charge < -0.3 is 5.11 Å². The molecular formula is C20H29N3O3. The van der Waals surface area contributed by atoms with Gasteiger partial charge in [-0.3, -0.25) is 14.0 Å². The van der Waals surface area contributed by atoms with Crippen molar-refractivity contribution in [3.63, 3.8) is 0 Å². The highest BCUT2D eigenvalue weighted by atomic mass is 16.5. The van der Waals surface area contributed by atoms with Crippen LogP contribution in [0.25, 0.3) is 11.4 Å². The van der Waals surface area contributed by atoms with E-state index in [1.54, 1.807) is 0 Å². The van der Waals surface area contributed by atoms with E-state index in [0.717, 1.165) is 24.9 Å². The molecule has 6 heteroatoms. The molecule has 1 aromatic heterocycles. The Hall–Kier alpha value is -1.92. The molecule has 2 unspecified atom stereocenters. The van der Waals surface area contributed by atoms with E-state index in [2.05, 4.69) is 30.8 Å². The van der Waals surface area contributed by atoms with Crippen LogP contribution in [0.5, 0.6) is 0 Å². The molecule has 0 radical (unpaired) electrons. The minimum absolute atomic E-state index is 0.186. The fourth-order valence-corrected chi connectivity index (χ4v) is 3.84. The van der Waals surface area contributed by atoms with E-state index in [1.165, 1.54) is 11.0 Å². The number of aromatic nitrogens is 2. The third-order valence-electron chi connectivity index (χ3n) is 4.90. The molecule has 2 atom stereocenters. The molecule has 1 aliphatic rings. The van der Waals surface area contributed by atoms with Crippen LogP contribution < -0.4 is 5.76 Å². The lowest BCUT2D eigenvalue weighted by Crippen LogP contribution is -2.40. The molecule has 1 fully saturated rings. The van der Waals surface area contributed by atoms with Gasteiger partial charge in [0.2, 0.25) is 0 Å². The second-order valence-corrected chi connectivity index (χ2v) is 8.46. The molecule has 26 heavy (non-hydrogen) atoms. The van der Waals surface area contributed by atoms with Crippen LogP contribution in [0.2, 0.25) is 0 Å². The molecule has 142 valence electrons. The second-order valence-electron chi connectivity index (χ2n) is 8.46. The van der Waals surface area contributed by atoms with Gasteiger partial charge in [-0.15, -0.1) is 0 Å². The predicted molar refractivity (Wildman–Crippen MR) is 101 cm³/mol. The van der Waals surface area contributed by atoms with Crippen molar-refractivity contribution in [3.05, 3.63) is 40.9 Å². The number of β-amino-alcohol motifs (C(OH)–C–C–N with tert-alkyl or cyclic N) is 1. The van der Waals surface area contributed by atoms with Crippen LogP contribution >= 0.6 is 0 Å². The molecule has 0 aliphatic carbocycles. The highest BCUT2D eigenvalue weighted by Crippen LogP contribution is 2.30. The van der Waals surface area contributed by atoms with Crippen molar-refractivity contribution in [2.24, 2.45) is 5.41 Å². The SMILES string of the molecule is CC(C)(C)CC1CCCN1CC(O)Cn1c(-c2ccccc2)noc1=O. The molecular weight excluding hydrogens is 330 g/mol. The van der Waals surface area contributed by atoms with Crippen LogP contribution in [0.4, 0.5) is 0 Å². The van der Waals surface area contributed by atoms with Gasteiger partial charge in [-0.25, -0.2) is 4.79 Å². The first-order valence-electron chi connectivity index (χ1n) is 9.37. The fourth-order valence-electron chi connectivity index (χ4n) is 3.84. The first-order chi connectivity index (χ1) is 12.3. The smallest absolute Gasteiger partial charge is 0.390 e. The minimum Gasteiger partial charge on any atom is -0.390 e. The maximum absolute atomic E-state index is 12.0. The fraction of sp³-hybridized carbons (Fsp3) is 0.600. The Morgan fingerprint density at radius 2 is 2.00 bits per heavy atom. The van der Waals surface area contributed by atoms with Crippen LogP contribution in [-0.2, 0) is 6.54 Å². The van der Waals surface area contributed by atoms with Gasteiger partial charge in [0.1, 0.15) is 0 Å². The number of nitrogens with zero attached hydrogens (tertiary/aromatic N) is 3. The molecule has 0 amide bonds. The van der Waals surface area contributed by atoms with Crippen LogP contribution in [0, 0.1) is 5.41 Å². The largest absolute Gasteiger partial charge is 0.441 e. The summed E-state index contributed by atoms with van der Waals surface area (Å²) in [6, 6.07) is 9.93. The van der Waals surface area contributed by atoms with E-state index in [1.807, 2.05) is 30.3 Å². The van der Waals surface area contributed by atoms with Crippen LogP contribution in [-0.4, -0.2) is 45.0 Å². The first-order valence-corrected chi connectivity index (χ1v) is 9.37. The molecule has 0 bridgehead atoms. The molecule has 1 aliphatic heterocycles. The van der Waals surface area contributed by atoms with Crippen molar-refractivity contribution < 1.29 is 9.63 Å². The Morgan fingerprint density at radius 3 is 2.69 bits per heavy atom. The highest BCUT2D eigenvalue weighted by Gasteiger charge is 2.30. The van der Waals surface area contributed by atoms with E-state index in [-0.39, 0.29) is 12.0 Å². The molecule has 1 aromatic carbocycles. The summed E-state index contributed by atoms with van der Waals surface area (Å²) in [6.45, 7) is 8.51. The zero-order valence-corrected chi connectivity index (χ0v) is 15.9. The van der Waals surface area contributed by atoms with Crippen LogP contribution in [0.15, 0.2) is 39.6 Å². The highest BCUT2D eigenvalue weighted by molar-refractivity contribution is 5.54. The lowest BCUT2D eigenvalue weighted by molar-refractivity contribution is 0.0805. The standard InChI is InChI=1S/C20H29N3O3/c1-20(2,3)12-16-10-7-11-22(16)13-17(24)14-23-18(21-26-19(23)25)15-8-5-4-6-9-15/h4-6,8-9,16-17,24H,7,10-14H2,1-3H3. The average Bonchev–Trinajstić information content (AvgIpc) is 3.14. The first kappa shape index (κ1) is 18.9. The Balaban J connectivity index is 1.68. The van der Waals surface area contributed by atoms with Crippen LogP contribution in [0.3, 0.4) is 0 Å². The number of rotatable bonds is 6. The summed E-state index contributed by atoms with van der Waals surface area (Å²) in [7, 11) is 0. The average molecular weight is 359 g/mol. The molecule has 3 rings (SSSR count). The van der Waals surface area contributed by atoms with Gasteiger partial charge in [0, 0.05) is 18.2 Å². The maximum atomic E-state index is 12.0. The summed E-state index contributed by atoms with van der Waals surface area (Å²) < 4.78 is 6.27. The van der Waals surface area contributed by atoms with Crippen molar-refractivity contribution in [2.75, 3.05) is 13.1 Å². The normalized spacial score (nSPS) is 19.8. The van der Waals surface area contributed by atoms with Gasteiger partial charge >= 0.3 is 5.76 Å². The van der Waals surface area contributed by atoms with Gasteiger partial charge in [-0.05, 0) is 31.2 Å². The van der Waals surface area contributed by atoms with Crippen molar-refractivity contribution in [3.8, 4) is 11.4 Å². The molecule has 0 spiro atoms. The molecule has 2 heterocycles. The zero-order valence-electron chi connectivity index (χ0n) is 15.9. The third kappa shape index (κ3) is 4.62. The molecule has 1 N–H and O–H groups in total. The van der Waals surface area contributed by atoms with Crippen molar-refractivity contribution in [1.29, 1.82) is 0 Å². The number of aliphatic hydroxyl groups excluding tert-OH is 1. The number of aliphatic hydroxyl groups is 1. The van der Waals surface area contributed by atoms with E-state index >= 15 is 0 Å². The predicted octanol–water partition coefficient (Wildman–Crippen LogP) is 2.76. The Morgan fingerprint density at radius 1 is 1.27 bits per heavy atom. The Kier molecular flexibility index (Phi) is 5.63. The summed E-state index contributed by atoms with van der Waals surface area (Å²) in [4.78, 5) is 14.4. The topological polar surface area (TPSA) is 71.5 Å². The van der Waals surface area contributed by atoms with Crippen molar-refractivity contribution in [1.82, 2.24) is 14.6 Å². The minimum atomic E-state index is -0.643. The summed E-state index contributed by atoms with van der Waals surface area (Å²) in [5.74, 6) is -0.0714. The van der Waals surface area contributed by atoms with Gasteiger partial charge in [-0.2, -0.15) is 0 Å². The molecule has 0 saturated carbocycles. The summed E-state index contributed by atoms with van der Waals surface area (Å²) in [5.41, 5.74) is 1.07. The van der Waals surface area contributed by atoms with Gasteiger partial charge in [0.05, 0.1) is 12.6 Å². The van der Waals surface area contributed by atoms with Gasteiger partial charge in [0.15, 0.2) is 5.82 Å². The quantitative estimate of drug-likeness (QED) is 0.859. The monoisotopic (exact) mass is 359 g/mol. The van der Waals surface area contributed by atoms with Crippen molar-refractivity contribution >= 4 is 0 Å². The van der Waals surface area contributed by atoms with Crippen LogP contribution in [0.1, 0.15) is 40.0 Å². The molecule has 6 nitrogen and oxygen atoms in total. The number of likely N-dealkylation sites (tertiary alicyclic amines) is 1. The number of hydrogen-bond acceptors (Lipinski definition) is 5. The maximum Gasteiger partial charge on any atom is 0.441 e. The lowest BCUT2D eigenvalue weighted by atomic mass is 9.87. The van der Waals surface area contributed by atoms with E-state index in [4.69, 9.17) is 4.52 Å². The summed E-state index contributed by atoms with van der Waals surface area (Å²) >= 11 is 0. The Labute approximate surface area is 154 Å². The summed E-state index contributed by atoms with van der Waals surface area (Å²) in [6.07, 6.45) is 2.81. The van der Waals surface area contributed by atoms with Crippen molar-refractivity contribution in [2.45, 2.75) is 58.7 Å². The van der Waals surface area contributed by atoms with E-state index in [9.17, 15) is 9.90 Å². The van der Waals surface area contributed by atoms with E-state index in [0.29, 0.717) is 18.4 Å². The zero-order chi connectivity index (χ0) is 18.7. The Bertz CT molecular complexity index is 761. The third-order valence-corrected chi connectivity index (χ3v) is 4.90.